The Morgan fingerprint density at radius 2 is 1.53 bits per heavy atom. The van der Waals surface area contributed by atoms with Gasteiger partial charge in [0.15, 0.2) is 5.76 Å². The zero-order valence-corrected chi connectivity index (χ0v) is 17.9. The highest BCUT2D eigenvalue weighted by Crippen LogP contribution is 2.24. The Balaban J connectivity index is 1.38. The van der Waals surface area contributed by atoms with Crippen LogP contribution in [0.3, 0.4) is 0 Å². The fourth-order valence-corrected chi connectivity index (χ4v) is 3.40. The van der Waals surface area contributed by atoms with Crippen LogP contribution >= 0.6 is 0 Å². The lowest BCUT2D eigenvalue weighted by molar-refractivity contribution is 0.0994. The molecule has 0 atom stereocenters. The summed E-state index contributed by atoms with van der Waals surface area (Å²) in [6, 6.07) is 23.3. The van der Waals surface area contributed by atoms with Crippen LogP contribution in [0.4, 0.5) is 11.4 Å². The van der Waals surface area contributed by atoms with Crippen molar-refractivity contribution in [1.82, 2.24) is 14.8 Å². The molecule has 0 aliphatic heterocycles. The van der Waals surface area contributed by atoms with Crippen LogP contribution in [0, 0.1) is 0 Å². The number of carbonyl (C=O) groups excluding carboxylic acids is 2. The monoisotopic (exact) mass is 449 g/mol. The van der Waals surface area contributed by atoms with Crippen molar-refractivity contribution in [2.24, 2.45) is 0 Å². The summed E-state index contributed by atoms with van der Waals surface area (Å²) in [7, 11) is 0. The second kappa shape index (κ2) is 9.25. The summed E-state index contributed by atoms with van der Waals surface area (Å²) in [5.74, 6) is -0.444. The minimum absolute atomic E-state index is 0.218. The van der Waals surface area contributed by atoms with Gasteiger partial charge in [-0.25, -0.2) is 4.68 Å². The van der Waals surface area contributed by atoms with E-state index in [0.29, 0.717) is 22.6 Å². The minimum Gasteiger partial charge on any atom is -0.459 e. The molecule has 0 unspecified atom stereocenters. The number of nitrogens with zero attached hydrogens (tertiary/aromatic N) is 3. The first-order valence-corrected chi connectivity index (χ1v) is 10.5. The molecule has 0 aliphatic rings. The number of anilines is 2. The molecule has 8 nitrogen and oxygen atoms in total. The highest BCUT2D eigenvalue weighted by atomic mass is 16.3. The van der Waals surface area contributed by atoms with Crippen molar-refractivity contribution in [2.75, 3.05) is 10.6 Å². The van der Waals surface area contributed by atoms with Crippen LogP contribution in [-0.2, 0) is 0 Å². The van der Waals surface area contributed by atoms with Crippen LogP contribution in [0.15, 0.2) is 108 Å². The average Bonchev–Trinajstić information content (AvgIpc) is 3.57. The Labute approximate surface area is 194 Å². The molecule has 5 rings (SSSR count). The van der Waals surface area contributed by atoms with Crippen molar-refractivity contribution < 1.29 is 14.0 Å². The van der Waals surface area contributed by atoms with Gasteiger partial charge >= 0.3 is 0 Å². The number of carbonyl (C=O) groups is 2. The van der Waals surface area contributed by atoms with Crippen LogP contribution in [0.25, 0.3) is 16.9 Å². The number of amides is 2. The summed E-state index contributed by atoms with van der Waals surface area (Å²) in [4.78, 5) is 29.5. The summed E-state index contributed by atoms with van der Waals surface area (Å²) >= 11 is 0. The van der Waals surface area contributed by atoms with Crippen LogP contribution in [0.5, 0.6) is 0 Å². The van der Waals surface area contributed by atoms with Gasteiger partial charge in [-0.2, -0.15) is 5.10 Å². The van der Waals surface area contributed by atoms with E-state index in [9.17, 15) is 9.59 Å². The van der Waals surface area contributed by atoms with Gasteiger partial charge < -0.3 is 15.1 Å². The van der Waals surface area contributed by atoms with E-state index in [1.54, 1.807) is 65.7 Å². The van der Waals surface area contributed by atoms with Gasteiger partial charge in [0.2, 0.25) is 0 Å². The lowest BCUT2D eigenvalue weighted by atomic mass is 10.1. The van der Waals surface area contributed by atoms with E-state index in [4.69, 9.17) is 4.42 Å². The first-order valence-electron chi connectivity index (χ1n) is 10.5. The van der Waals surface area contributed by atoms with E-state index in [1.807, 2.05) is 36.4 Å². The molecule has 0 bridgehead atoms. The second-order valence-electron chi connectivity index (χ2n) is 7.38. The summed E-state index contributed by atoms with van der Waals surface area (Å²) in [5.41, 5.74) is 3.66. The Morgan fingerprint density at radius 3 is 2.18 bits per heavy atom. The fourth-order valence-electron chi connectivity index (χ4n) is 3.40. The molecular weight excluding hydrogens is 430 g/mol. The zero-order valence-electron chi connectivity index (χ0n) is 17.9. The summed E-state index contributed by atoms with van der Waals surface area (Å²) in [5, 5.41) is 10.3. The smallest absolute Gasteiger partial charge is 0.291 e. The van der Waals surface area contributed by atoms with E-state index in [0.717, 1.165) is 11.3 Å². The second-order valence-corrected chi connectivity index (χ2v) is 7.38. The van der Waals surface area contributed by atoms with E-state index >= 15 is 0 Å². The molecule has 166 valence electrons. The van der Waals surface area contributed by atoms with Gasteiger partial charge in [-0.15, -0.1) is 0 Å². The molecule has 0 spiro atoms. The summed E-state index contributed by atoms with van der Waals surface area (Å²) in [6.45, 7) is 0. The number of hydrogen-bond acceptors (Lipinski definition) is 5. The van der Waals surface area contributed by atoms with Crippen molar-refractivity contribution in [2.45, 2.75) is 0 Å². The standard InChI is InChI=1S/C26H19N5O3/c32-25(28-19-10-12-20(13-11-19)29-26(33)23-9-5-15-34-23)22-17-31(21-7-2-1-3-8-21)30-24(22)18-6-4-14-27-16-18/h1-17H,(H,28,32)(H,29,33). The molecular formula is C26H19N5O3. The van der Waals surface area contributed by atoms with Gasteiger partial charge in [0.05, 0.1) is 17.5 Å². The van der Waals surface area contributed by atoms with E-state index in [2.05, 4.69) is 20.7 Å². The molecule has 2 aromatic carbocycles. The van der Waals surface area contributed by atoms with Crippen molar-refractivity contribution in [3.05, 3.63) is 115 Å². The SMILES string of the molecule is O=C(Nc1ccc(NC(=O)c2cn(-c3ccccc3)nc2-c2cccnc2)cc1)c1ccco1. The average molecular weight is 449 g/mol. The number of pyridine rings is 1. The molecule has 0 fully saturated rings. The first-order chi connectivity index (χ1) is 16.7. The van der Waals surface area contributed by atoms with Crippen molar-refractivity contribution >= 4 is 23.2 Å². The van der Waals surface area contributed by atoms with Gasteiger partial charge in [0, 0.05) is 35.5 Å². The first kappa shape index (κ1) is 20.9. The Hall–Kier alpha value is -4.98. The Morgan fingerprint density at radius 1 is 0.794 bits per heavy atom. The van der Waals surface area contributed by atoms with Crippen LogP contribution in [0.1, 0.15) is 20.9 Å². The fraction of sp³-hybridized carbons (Fsp3) is 0. The number of para-hydroxylation sites is 1. The normalized spacial score (nSPS) is 10.6. The van der Waals surface area contributed by atoms with Gasteiger partial charge in [-0.3, -0.25) is 14.6 Å². The maximum atomic E-state index is 13.2. The van der Waals surface area contributed by atoms with Gasteiger partial charge in [0.1, 0.15) is 5.69 Å². The minimum atomic E-state index is -0.351. The summed E-state index contributed by atoms with van der Waals surface area (Å²) in [6.07, 6.45) is 6.48. The molecule has 5 aromatic rings. The molecule has 3 heterocycles. The Bertz CT molecular complexity index is 1410. The Kier molecular flexibility index (Phi) is 5.69. The number of furan rings is 1. The van der Waals surface area contributed by atoms with Crippen molar-refractivity contribution in [1.29, 1.82) is 0 Å². The quantitative estimate of drug-likeness (QED) is 0.378. The third-order valence-corrected chi connectivity index (χ3v) is 5.06. The number of benzene rings is 2. The summed E-state index contributed by atoms with van der Waals surface area (Å²) < 4.78 is 6.76. The maximum absolute atomic E-state index is 13.2. The molecule has 0 aliphatic carbocycles. The van der Waals surface area contributed by atoms with Gasteiger partial charge in [0.25, 0.3) is 11.8 Å². The highest BCUT2D eigenvalue weighted by molar-refractivity contribution is 6.08. The lowest BCUT2D eigenvalue weighted by Crippen LogP contribution is -2.13. The molecule has 2 N–H and O–H groups in total. The van der Waals surface area contributed by atoms with E-state index in [1.165, 1.54) is 6.26 Å². The number of aromatic nitrogens is 3. The van der Waals surface area contributed by atoms with Gasteiger partial charge in [-0.05, 0) is 60.7 Å². The predicted molar refractivity (Wildman–Crippen MR) is 128 cm³/mol. The third kappa shape index (κ3) is 4.46. The molecule has 2 amide bonds. The topological polar surface area (TPSA) is 102 Å². The molecule has 0 saturated carbocycles. The van der Waals surface area contributed by atoms with Gasteiger partial charge in [-0.1, -0.05) is 18.2 Å². The largest absolute Gasteiger partial charge is 0.459 e. The van der Waals surface area contributed by atoms with Crippen molar-refractivity contribution in [3.8, 4) is 16.9 Å². The van der Waals surface area contributed by atoms with Crippen LogP contribution in [0.2, 0.25) is 0 Å². The maximum Gasteiger partial charge on any atom is 0.291 e. The molecule has 3 aromatic heterocycles. The molecule has 0 saturated heterocycles. The predicted octanol–water partition coefficient (Wildman–Crippen LogP) is 5.03. The third-order valence-electron chi connectivity index (χ3n) is 5.06. The van der Waals surface area contributed by atoms with Crippen LogP contribution in [-0.4, -0.2) is 26.6 Å². The lowest BCUT2D eigenvalue weighted by Gasteiger charge is -2.07. The number of nitrogens with one attached hydrogen (secondary N) is 2. The van der Waals surface area contributed by atoms with E-state index < -0.39 is 0 Å². The number of hydrogen-bond donors (Lipinski definition) is 2. The highest BCUT2D eigenvalue weighted by Gasteiger charge is 2.19. The number of rotatable bonds is 6. The van der Waals surface area contributed by atoms with Crippen molar-refractivity contribution in [3.63, 3.8) is 0 Å². The van der Waals surface area contributed by atoms with E-state index in [-0.39, 0.29) is 17.6 Å². The molecule has 34 heavy (non-hydrogen) atoms. The molecule has 0 radical (unpaired) electrons. The zero-order chi connectivity index (χ0) is 23.3. The molecule has 8 heteroatoms. The van der Waals surface area contributed by atoms with Crippen LogP contribution < -0.4 is 10.6 Å².